The minimum Gasteiger partial charge on any atom is -0.466 e. The van der Waals surface area contributed by atoms with Gasteiger partial charge in [0.1, 0.15) is 27.5 Å². The molecule has 33 heavy (non-hydrogen) atoms. The van der Waals surface area contributed by atoms with Crippen molar-refractivity contribution in [2.24, 2.45) is 0 Å². The molecular formula is C23H20N4O5S. The molecule has 0 saturated heterocycles. The second-order valence-corrected chi connectivity index (χ2v) is 8.40. The zero-order chi connectivity index (χ0) is 23.9. The summed E-state index contributed by atoms with van der Waals surface area (Å²) in [4.78, 5) is 30.4. The van der Waals surface area contributed by atoms with E-state index in [1.165, 1.54) is 0 Å². The summed E-state index contributed by atoms with van der Waals surface area (Å²) in [5.41, 5.74) is 2.89. The van der Waals surface area contributed by atoms with Crippen molar-refractivity contribution in [2.45, 2.75) is 34.6 Å². The number of hydrogen-bond donors (Lipinski definition) is 1. The van der Waals surface area contributed by atoms with Gasteiger partial charge in [0.2, 0.25) is 0 Å². The van der Waals surface area contributed by atoms with Crippen LogP contribution >= 0.6 is 11.3 Å². The lowest BCUT2D eigenvalue weighted by Crippen LogP contribution is -2.13. The van der Waals surface area contributed by atoms with Crippen LogP contribution < -0.4 is 5.32 Å². The maximum Gasteiger partial charge on any atom is 0.348 e. The monoisotopic (exact) mass is 464 g/mol. The number of furan rings is 1. The Morgan fingerprint density at radius 2 is 2.00 bits per heavy atom. The van der Waals surface area contributed by atoms with Crippen molar-refractivity contribution in [3.63, 3.8) is 0 Å². The Bertz CT molecular complexity index is 1450. The van der Waals surface area contributed by atoms with Gasteiger partial charge in [0, 0.05) is 5.56 Å². The number of aryl methyl sites for hydroxylation is 3. The fraction of sp³-hybridized carbons (Fsp3) is 0.261. The molecule has 0 aliphatic heterocycles. The third-order valence-corrected chi connectivity index (χ3v) is 6.31. The van der Waals surface area contributed by atoms with E-state index in [2.05, 4.69) is 21.5 Å². The van der Waals surface area contributed by atoms with Crippen LogP contribution in [-0.4, -0.2) is 28.6 Å². The summed E-state index contributed by atoms with van der Waals surface area (Å²) >= 11 is 1.00. The van der Waals surface area contributed by atoms with Crippen LogP contribution in [0.4, 0.5) is 5.00 Å². The molecule has 4 aromatic heterocycles. The van der Waals surface area contributed by atoms with Crippen LogP contribution in [0.1, 0.15) is 55.3 Å². The molecule has 0 fully saturated rings. The van der Waals surface area contributed by atoms with E-state index in [0.717, 1.165) is 16.9 Å². The predicted octanol–water partition coefficient (Wildman–Crippen LogP) is 5.08. The Balaban J connectivity index is 1.80. The predicted molar refractivity (Wildman–Crippen MR) is 121 cm³/mol. The number of nitrogens with one attached hydrogen (secondary N) is 1. The first-order valence-corrected chi connectivity index (χ1v) is 10.9. The van der Waals surface area contributed by atoms with Gasteiger partial charge in [-0.05, 0) is 52.3 Å². The minimum atomic E-state index is -0.536. The number of aromatic nitrogens is 2. The number of carbonyl (C=O) groups excluding carboxylic acids is 2. The number of nitriles is 1. The number of ether oxygens (including phenoxy) is 1. The average Bonchev–Trinajstić information content (AvgIpc) is 3.42. The third kappa shape index (κ3) is 3.87. The Morgan fingerprint density at radius 1 is 1.24 bits per heavy atom. The third-order valence-electron chi connectivity index (χ3n) is 5.13. The van der Waals surface area contributed by atoms with E-state index in [4.69, 9.17) is 13.7 Å². The molecule has 4 rings (SSSR count). The summed E-state index contributed by atoms with van der Waals surface area (Å²) in [7, 11) is 0. The smallest absolute Gasteiger partial charge is 0.348 e. The Labute approximate surface area is 193 Å². The molecule has 168 valence electrons. The molecule has 0 atom stereocenters. The normalized spacial score (nSPS) is 10.9. The van der Waals surface area contributed by atoms with Gasteiger partial charge in [-0.15, -0.1) is 11.3 Å². The molecule has 10 heteroatoms. The van der Waals surface area contributed by atoms with Crippen LogP contribution in [0, 0.1) is 39.0 Å². The second-order valence-electron chi connectivity index (χ2n) is 7.38. The largest absolute Gasteiger partial charge is 0.466 e. The van der Waals surface area contributed by atoms with Crippen molar-refractivity contribution in [3.05, 3.63) is 50.9 Å². The molecule has 1 amide bonds. The van der Waals surface area contributed by atoms with Crippen LogP contribution in [0.25, 0.3) is 22.4 Å². The molecule has 9 nitrogen and oxygen atoms in total. The molecule has 0 unspecified atom stereocenters. The average molecular weight is 465 g/mol. The fourth-order valence-corrected chi connectivity index (χ4v) is 4.64. The molecule has 0 aliphatic carbocycles. The number of fused-ring (bicyclic) bond motifs is 1. The minimum absolute atomic E-state index is 0.206. The van der Waals surface area contributed by atoms with E-state index in [1.807, 2.05) is 19.9 Å². The van der Waals surface area contributed by atoms with E-state index in [1.54, 1.807) is 26.8 Å². The zero-order valence-electron chi connectivity index (χ0n) is 18.7. The summed E-state index contributed by atoms with van der Waals surface area (Å²) in [6.07, 6.45) is 0. The van der Waals surface area contributed by atoms with Gasteiger partial charge in [0.25, 0.3) is 11.6 Å². The zero-order valence-corrected chi connectivity index (χ0v) is 19.5. The van der Waals surface area contributed by atoms with Gasteiger partial charge in [-0.2, -0.15) is 5.26 Å². The van der Waals surface area contributed by atoms with Crippen molar-refractivity contribution in [3.8, 4) is 17.3 Å². The lowest BCUT2D eigenvalue weighted by Gasteiger charge is -2.07. The summed E-state index contributed by atoms with van der Waals surface area (Å²) in [5, 5.41) is 17.1. The molecule has 1 N–H and O–H groups in total. The van der Waals surface area contributed by atoms with Crippen molar-refractivity contribution < 1.29 is 23.3 Å². The van der Waals surface area contributed by atoms with Gasteiger partial charge in [0.05, 0.1) is 34.5 Å². The quantitative estimate of drug-likeness (QED) is 0.405. The maximum atomic E-state index is 13.4. The lowest BCUT2D eigenvalue weighted by atomic mass is 10.1. The van der Waals surface area contributed by atoms with Crippen LogP contribution in [0.2, 0.25) is 0 Å². The molecule has 0 bridgehead atoms. The number of pyridine rings is 1. The van der Waals surface area contributed by atoms with E-state index >= 15 is 0 Å². The Hall–Kier alpha value is -3.97. The first-order chi connectivity index (χ1) is 15.7. The second kappa shape index (κ2) is 8.52. The fourth-order valence-electron chi connectivity index (χ4n) is 3.59. The van der Waals surface area contributed by atoms with Gasteiger partial charge in [0.15, 0.2) is 0 Å². The lowest BCUT2D eigenvalue weighted by molar-refractivity contribution is 0.0531. The van der Waals surface area contributed by atoms with Gasteiger partial charge in [-0.25, -0.2) is 9.78 Å². The van der Waals surface area contributed by atoms with Crippen molar-refractivity contribution >= 4 is 39.3 Å². The van der Waals surface area contributed by atoms with Gasteiger partial charge < -0.3 is 19.0 Å². The highest BCUT2D eigenvalue weighted by Gasteiger charge is 2.25. The van der Waals surface area contributed by atoms with Crippen LogP contribution in [-0.2, 0) is 4.74 Å². The van der Waals surface area contributed by atoms with Gasteiger partial charge >= 0.3 is 5.97 Å². The molecule has 0 aromatic carbocycles. The number of amides is 1. The molecule has 0 saturated carbocycles. The number of thiophene rings is 1. The highest BCUT2D eigenvalue weighted by atomic mass is 32.1. The van der Waals surface area contributed by atoms with Crippen LogP contribution in [0.3, 0.4) is 0 Å². The first kappa shape index (κ1) is 22.2. The highest BCUT2D eigenvalue weighted by molar-refractivity contribution is 7.18. The number of carbonyl (C=O) groups is 2. The van der Waals surface area contributed by atoms with Gasteiger partial charge in [-0.3, -0.25) is 4.79 Å². The number of esters is 1. The van der Waals surface area contributed by atoms with E-state index < -0.39 is 11.9 Å². The Kier molecular flexibility index (Phi) is 5.74. The van der Waals surface area contributed by atoms with Crippen molar-refractivity contribution in [1.82, 2.24) is 10.1 Å². The summed E-state index contributed by atoms with van der Waals surface area (Å²) in [6.45, 7) is 8.90. The number of nitrogens with zero attached hydrogens (tertiary/aromatic N) is 3. The molecule has 4 heterocycles. The molecule has 0 radical (unpaired) electrons. The van der Waals surface area contributed by atoms with E-state index in [0.29, 0.717) is 33.9 Å². The summed E-state index contributed by atoms with van der Waals surface area (Å²) < 4.78 is 16.0. The topological polar surface area (TPSA) is 131 Å². The molecule has 4 aromatic rings. The molecular weight excluding hydrogens is 444 g/mol. The highest BCUT2D eigenvalue weighted by Crippen LogP contribution is 2.35. The van der Waals surface area contributed by atoms with Crippen LogP contribution in [0.5, 0.6) is 0 Å². The first-order valence-electron chi connectivity index (χ1n) is 10.1. The number of anilines is 1. The summed E-state index contributed by atoms with van der Waals surface area (Å²) in [5.74, 6) is 0.345. The standard InChI is InChI=1S/C23H20N4O5S/c1-6-30-23(29)19-11(3)16(9-24)22(33-19)26-20(28)15-8-17(14-7-10(2)31-13(14)5)25-21-18(15)12(4)27-32-21/h7-8H,6H2,1-5H3,(H,26,28). The van der Waals surface area contributed by atoms with Crippen molar-refractivity contribution in [2.75, 3.05) is 11.9 Å². The molecule has 0 spiro atoms. The van der Waals surface area contributed by atoms with E-state index in [9.17, 15) is 14.9 Å². The number of rotatable bonds is 5. The Morgan fingerprint density at radius 3 is 2.64 bits per heavy atom. The van der Waals surface area contributed by atoms with Gasteiger partial charge in [-0.1, -0.05) is 5.16 Å². The maximum absolute atomic E-state index is 13.4. The van der Waals surface area contributed by atoms with E-state index in [-0.39, 0.29) is 33.3 Å². The number of hydrogen-bond acceptors (Lipinski definition) is 9. The summed E-state index contributed by atoms with van der Waals surface area (Å²) in [6, 6.07) is 5.53. The SMILES string of the molecule is CCOC(=O)c1sc(NC(=O)c2cc(-c3cc(C)oc3C)nc3onc(C)c23)c(C#N)c1C. The van der Waals surface area contributed by atoms with Crippen molar-refractivity contribution in [1.29, 1.82) is 5.26 Å². The van der Waals surface area contributed by atoms with Crippen LogP contribution in [0.15, 0.2) is 21.1 Å². The molecule has 0 aliphatic rings.